The second-order valence-electron chi connectivity index (χ2n) is 4.07. The molecule has 3 heteroatoms. The van der Waals surface area contributed by atoms with Crippen LogP contribution in [0.15, 0.2) is 12.7 Å². The quantitative estimate of drug-likeness (QED) is 0.519. The molecule has 0 aliphatic heterocycles. The molecule has 1 aliphatic carbocycles. The first kappa shape index (κ1) is 12.7. The van der Waals surface area contributed by atoms with E-state index in [4.69, 9.17) is 9.47 Å². The molecule has 0 amide bonds. The van der Waals surface area contributed by atoms with Crippen molar-refractivity contribution in [2.24, 2.45) is 0 Å². The number of rotatable bonds is 7. The predicted molar refractivity (Wildman–Crippen MR) is 59.8 cm³/mol. The van der Waals surface area contributed by atoms with E-state index in [1.54, 1.807) is 6.08 Å². The van der Waals surface area contributed by atoms with Crippen molar-refractivity contribution in [1.82, 2.24) is 0 Å². The molecule has 0 spiro atoms. The fraction of sp³-hybridized carbons (Fsp3) is 0.833. The normalized spacial score (nSPS) is 20.1. The number of hydrogen-bond donors (Lipinski definition) is 1. The first-order valence-corrected chi connectivity index (χ1v) is 5.81. The highest BCUT2D eigenvalue weighted by atomic mass is 16.5. The molecule has 0 heterocycles. The van der Waals surface area contributed by atoms with Crippen LogP contribution in [0.2, 0.25) is 0 Å². The molecule has 88 valence electrons. The Balaban J connectivity index is 1.99. The molecule has 3 nitrogen and oxygen atoms in total. The lowest BCUT2D eigenvalue weighted by Crippen LogP contribution is -2.26. The second kappa shape index (κ2) is 7.85. The number of ether oxygens (including phenoxy) is 2. The number of aliphatic hydroxyl groups is 1. The molecular weight excluding hydrogens is 192 g/mol. The summed E-state index contributed by atoms with van der Waals surface area (Å²) in [6, 6.07) is 0. The summed E-state index contributed by atoms with van der Waals surface area (Å²) < 4.78 is 10.8. The van der Waals surface area contributed by atoms with Gasteiger partial charge in [-0.3, -0.25) is 0 Å². The van der Waals surface area contributed by atoms with E-state index in [0.29, 0.717) is 25.9 Å². The highest BCUT2D eigenvalue weighted by Crippen LogP contribution is 2.20. The lowest BCUT2D eigenvalue weighted by molar-refractivity contribution is -0.0497. The summed E-state index contributed by atoms with van der Waals surface area (Å²) in [4.78, 5) is 0. The third-order valence-corrected chi connectivity index (χ3v) is 2.62. The minimum Gasteiger partial charge on any atom is -0.388 e. The molecule has 1 aliphatic rings. The van der Waals surface area contributed by atoms with Crippen LogP contribution in [0.25, 0.3) is 0 Å². The fourth-order valence-corrected chi connectivity index (χ4v) is 1.81. The molecule has 1 N–H and O–H groups in total. The van der Waals surface area contributed by atoms with Gasteiger partial charge in [0, 0.05) is 0 Å². The van der Waals surface area contributed by atoms with Crippen molar-refractivity contribution in [2.45, 2.75) is 44.3 Å². The Morgan fingerprint density at radius 3 is 2.67 bits per heavy atom. The lowest BCUT2D eigenvalue weighted by Gasteiger charge is -2.23. The molecule has 1 atom stereocenters. The van der Waals surface area contributed by atoms with Crippen molar-refractivity contribution in [3.8, 4) is 0 Å². The minimum absolute atomic E-state index is 0.332. The number of aliphatic hydroxyl groups excluding tert-OH is 1. The van der Waals surface area contributed by atoms with Gasteiger partial charge in [-0.1, -0.05) is 25.3 Å². The molecule has 1 unspecified atom stereocenters. The van der Waals surface area contributed by atoms with Crippen molar-refractivity contribution in [2.75, 3.05) is 19.8 Å². The van der Waals surface area contributed by atoms with Crippen LogP contribution in [-0.4, -0.2) is 37.1 Å². The monoisotopic (exact) mass is 214 g/mol. The van der Waals surface area contributed by atoms with Crippen LogP contribution in [0.4, 0.5) is 0 Å². The summed E-state index contributed by atoms with van der Waals surface area (Å²) in [5, 5.41) is 9.52. The molecule has 15 heavy (non-hydrogen) atoms. The first-order valence-electron chi connectivity index (χ1n) is 5.81. The van der Waals surface area contributed by atoms with Crippen LogP contribution in [0.3, 0.4) is 0 Å². The van der Waals surface area contributed by atoms with Gasteiger partial charge in [0.2, 0.25) is 0 Å². The summed E-state index contributed by atoms with van der Waals surface area (Å²) >= 11 is 0. The molecule has 0 aromatic carbocycles. The molecular formula is C12H22O3. The van der Waals surface area contributed by atoms with Crippen molar-refractivity contribution >= 4 is 0 Å². The molecule has 0 radical (unpaired) electrons. The molecule has 1 saturated carbocycles. The highest BCUT2D eigenvalue weighted by Gasteiger charge is 2.15. The Morgan fingerprint density at radius 2 is 2.00 bits per heavy atom. The van der Waals surface area contributed by atoms with Gasteiger partial charge in [-0.15, -0.1) is 6.58 Å². The van der Waals surface area contributed by atoms with Crippen LogP contribution in [-0.2, 0) is 9.47 Å². The number of hydrogen-bond acceptors (Lipinski definition) is 3. The molecule has 0 aromatic heterocycles. The van der Waals surface area contributed by atoms with E-state index in [2.05, 4.69) is 6.58 Å². The van der Waals surface area contributed by atoms with E-state index >= 15 is 0 Å². The summed E-state index contributed by atoms with van der Waals surface area (Å²) in [7, 11) is 0. The maximum atomic E-state index is 9.52. The topological polar surface area (TPSA) is 38.7 Å². The summed E-state index contributed by atoms with van der Waals surface area (Å²) in [5.41, 5.74) is 0. The minimum atomic E-state index is -0.508. The second-order valence-corrected chi connectivity index (χ2v) is 4.07. The van der Waals surface area contributed by atoms with Crippen LogP contribution in [0.1, 0.15) is 32.1 Å². The van der Waals surface area contributed by atoms with Crippen LogP contribution >= 0.6 is 0 Å². The van der Waals surface area contributed by atoms with Crippen LogP contribution < -0.4 is 0 Å². The van der Waals surface area contributed by atoms with Crippen molar-refractivity contribution in [3.63, 3.8) is 0 Å². The van der Waals surface area contributed by atoms with Crippen LogP contribution in [0, 0.1) is 0 Å². The third kappa shape index (κ3) is 5.92. The maximum Gasteiger partial charge on any atom is 0.101 e. The van der Waals surface area contributed by atoms with Crippen LogP contribution in [0.5, 0.6) is 0 Å². The Morgan fingerprint density at radius 1 is 1.27 bits per heavy atom. The Labute approximate surface area is 92.1 Å². The van der Waals surface area contributed by atoms with E-state index < -0.39 is 6.10 Å². The largest absolute Gasteiger partial charge is 0.388 e. The highest BCUT2D eigenvalue weighted by molar-refractivity contribution is 4.67. The van der Waals surface area contributed by atoms with E-state index in [0.717, 1.165) is 12.8 Å². The summed E-state index contributed by atoms with van der Waals surface area (Å²) in [6.45, 7) is 4.75. The van der Waals surface area contributed by atoms with Gasteiger partial charge >= 0.3 is 0 Å². The Kier molecular flexibility index (Phi) is 6.64. The first-order chi connectivity index (χ1) is 7.33. The van der Waals surface area contributed by atoms with E-state index in [1.165, 1.54) is 19.3 Å². The molecule has 1 fully saturated rings. The summed E-state index contributed by atoms with van der Waals surface area (Å²) in [5.74, 6) is 0. The lowest BCUT2D eigenvalue weighted by atomic mass is 9.98. The van der Waals surface area contributed by atoms with Gasteiger partial charge in [-0.2, -0.15) is 0 Å². The molecule has 1 rings (SSSR count). The van der Waals surface area contributed by atoms with Gasteiger partial charge in [0.1, 0.15) is 6.10 Å². The van der Waals surface area contributed by atoms with E-state index in [1.807, 2.05) is 0 Å². The van der Waals surface area contributed by atoms with Crippen molar-refractivity contribution < 1.29 is 14.6 Å². The molecule has 0 saturated heterocycles. The van der Waals surface area contributed by atoms with Crippen molar-refractivity contribution in [3.05, 3.63) is 12.7 Å². The van der Waals surface area contributed by atoms with E-state index in [9.17, 15) is 5.11 Å². The molecule has 0 bridgehead atoms. The maximum absolute atomic E-state index is 9.52. The standard InChI is InChI=1S/C12H22O3/c1-2-8-14-9-11(13)10-15-12-6-4-3-5-7-12/h2,11-13H,1,3-10H2. The summed E-state index contributed by atoms with van der Waals surface area (Å²) in [6.07, 6.45) is 7.64. The van der Waals surface area contributed by atoms with Gasteiger partial charge in [0.05, 0.1) is 25.9 Å². The Hall–Kier alpha value is -0.380. The average Bonchev–Trinajstić information content (AvgIpc) is 2.28. The smallest absolute Gasteiger partial charge is 0.101 e. The SMILES string of the molecule is C=CCOCC(O)COC1CCCCC1. The average molecular weight is 214 g/mol. The van der Waals surface area contributed by atoms with Gasteiger partial charge in [-0.25, -0.2) is 0 Å². The third-order valence-electron chi connectivity index (χ3n) is 2.62. The fourth-order valence-electron chi connectivity index (χ4n) is 1.81. The van der Waals surface area contributed by atoms with E-state index in [-0.39, 0.29) is 0 Å². The predicted octanol–water partition coefficient (Wildman–Crippen LogP) is 1.90. The zero-order valence-electron chi connectivity index (χ0n) is 9.36. The Bertz CT molecular complexity index is 164. The van der Waals surface area contributed by atoms with Gasteiger partial charge in [0.15, 0.2) is 0 Å². The van der Waals surface area contributed by atoms with Gasteiger partial charge in [0.25, 0.3) is 0 Å². The zero-order chi connectivity index (χ0) is 10.9. The van der Waals surface area contributed by atoms with Gasteiger partial charge in [-0.05, 0) is 12.8 Å². The zero-order valence-corrected chi connectivity index (χ0v) is 9.36. The van der Waals surface area contributed by atoms with Crippen molar-refractivity contribution in [1.29, 1.82) is 0 Å². The van der Waals surface area contributed by atoms with Gasteiger partial charge < -0.3 is 14.6 Å². The molecule has 0 aromatic rings.